The maximum absolute atomic E-state index is 9.06. The van der Waals surface area contributed by atoms with Crippen molar-refractivity contribution in [3.63, 3.8) is 0 Å². The summed E-state index contributed by atoms with van der Waals surface area (Å²) in [5.74, 6) is 0. The van der Waals surface area contributed by atoms with Gasteiger partial charge in [-0.05, 0) is 19.3 Å². The Hall–Kier alpha value is -0.870. The van der Waals surface area contributed by atoms with Gasteiger partial charge in [-0.2, -0.15) is 0 Å². The van der Waals surface area contributed by atoms with Gasteiger partial charge in [-0.1, -0.05) is 6.92 Å². The topological polar surface area (TPSA) is 50.1 Å². The number of rotatable bonds is 6. The molecule has 0 spiro atoms. The summed E-state index contributed by atoms with van der Waals surface area (Å²) in [5, 5.41) is 12.4. The lowest BCUT2D eigenvalue weighted by Crippen LogP contribution is -2.31. The normalized spacial score (nSPS) is 18.0. The van der Waals surface area contributed by atoms with Gasteiger partial charge in [-0.15, -0.1) is 0 Å². The fourth-order valence-corrected chi connectivity index (χ4v) is 1.74. The zero-order chi connectivity index (χ0) is 10.7. The van der Waals surface area contributed by atoms with E-state index >= 15 is 0 Å². The molecular formula is C11H19N3O. The van der Waals surface area contributed by atoms with Crippen molar-refractivity contribution in [3.05, 3.63) is 18.2 Å². The second kappa shape index (κ2) is 4.77. The number of nitrogens with zero attached hydrogens (tertiary/aromatic N) is 2. The smallest absolute Gasteiger partial charge is 0.0951 e. The number of nitrogens with one attached hydrogen (secondary N) is 1. The standard InChI is InChI=1S/C11H19N3O/c1-2-9(7-15)13-6-11-5-12-8-14(11)10-3-4-10/h5,8-10,13,15H,2-4,6-7H2,1H3/t9-/m0/s1. The van der Waals surface area contributed by atoms with E-state index in [2.05, 4.69) is 21.8 Å². The van der Waals surface area contributed by atoms with Crippen LogP contribution in [-0.2, 0) is 6.54 Å². The minimum Gasteiger partial charge on any atom is -0.395 e. The number of hydrogen-bond acceptors (Lipinski definition) is 3. The summed E-state index contributed by atoms with van der Waals surface area (Å²) in [4.78, 5) is 4.17. The molecule has 0 saturated heterocycles. The summed E-state index contributed by atoms with van der Waals surface area (Å²) in [7, 11) is 0. The Labute approximate surface area is 90.3 Å². The largest absolute Gasteiger partial charge is 0.395 e. The lowest BCUT2D eigenvalue weighted by Gasteiger charge is -2.14. The van der Waals surface area contributed by atoms with Gasteiger partial charge in [0, 0.05) is 24.8 Å². The summed E-state index contributed by atoms with van der Waals surface area (Å²) in [5.41, 5.74) is 1.23. The lowest BCUT2D eigenvalue weighted by molar-refractivity contribution is 0.237. The zero-order valence-electron chi connectivity index (χ0n) is 9.19. The van der Waals surface area contributed by atoms with Crippen LogP contribution in [-0.4, -0.2) is 27.3 Å². The molecule has 0 amide bonds. The third-order valence-corrected chi connectivity index (χ3v) is 2.97. The second-order valence-corrected chi connectivity index (χ2v) is 4.19. The molecule has 0 radical (unpaired) electrons. The zero-order valence-corrected chi connectivity index (χ0v) is 9.19. The van der Waals surface area contributed by atoms with E-state index in [9.17, 15) is 0 Å². The molecule has 1 aromatic rings. The fraction of sp³-hybridized carbons (Fsp3) is 0.727. The van der Waals surface area contributed by atoms with Gasteiger partial charge in [0.1, 0.15) is 0 Å². The Kier molecular flexibility index (Phi) is 3.38. The highest BCUT2D eigenvalue weighted by Crippen LogP contribution is 2.35. The van der Waals surface area contributed by atoms with E-state index in [0.29, 0.717) is 6.04 Å². The first-order valence-corrected chi connectivity index (χ1v) is 5.70. The molecule has 2 N–H and O–H groups in total. The molecule has 1 saturated carbocycles. The predicted molar refractivity (Wildman–Crippen MR) is 58.5 cm³/mol. The van der Waals surface area contributed by atoms with Crippen LogP contribution in [0.2, 0.25) is 0 Å². The molecule has 0 bridgehead atoms. The highest BCUT2D eigenvalue weighted by molar-refractivity contribution is 5.03. The van der Waals surface area contributed by atoms with Gasteiger partial charge in [-0.3, -0.25) is 0 Å². The number of aliphatic hydroxyl groups excluding tert-OH is 1. The average molecular weight is 209 g/mol. The monoisotopic (exact) mass is 209 g/mol. The van der Waals surface area contributed by atoms with Crippen LogP contribution in [0.3, 0.4) is 0 Å². The minimum atomic E-state index is 0.201. The molecule has 84 valence electrons. The van der Waals surface area contributed by atoms with Crippen LogP contribution in [0.4, 0.5) is 0 Å². The van der Waals surface area contributed by atoms with Crippen LogP contribution in [0, 0.1) is 0 Å². The van der Waals surface area contributed by atoms with Gasteiger partial charge in [-0.25, -0.2) is 4.98 Å². The SMILES string of the molecule is CC[C@@H](CO)NCc1cncn1C1CC1. The first kappa shape index (κ1) is 10.6. The molecule has 2 rings (SSSR count). The number of aromatic nitrogens is 2. The van der Waals surface area contributed by atoms with Gasteiger partial charge in [0.25, 0.3) is 0 Å². The molecule has 0 unspecified atom stereocenters. The van der Waals surface area contributed by atoms with Gasteiger partial charge in [0.05, 0.1) is 18.6 Å². The molecule has 1 aromatic heterocycles. The molecule has 0 aromatic carbocycles. The van der Waals surface area contributed by atoms with Gasteiger partial charge >= 0.3 is 0 Å². The Morgan fingerprint density at radius 3 is 3.07 bits per heavy atom. The molecule has 1 atom stereocenters. The lowest BCUT2D eigenvalue weighted by atomic mass is 10.2. The quantitative estimate of drug-likeness (QED) is 0.737. The van der Waals surface area contributed by atoms with E-state index in [0.717, 1.165) is 13.0 Å². The van der Waals surface area contributed by atoms with Gasteiger partial charge < -0.3 is 15.0 Å². The third-order valence-electron chi connectivity index (χ3n) is 2.97. The molecule has 1 heterocycles. The van der Waals surface area contributed by atoms with Gasteiger partial charge in [0.15, 0.2) is 0 Å². The van der Waals surface area contributed by atoms with E-state index in [1.165, 1.54) is 18.5 Å². The van der Waals surface area contributed by atoms with Crippen LogP contribution in [0.1, 0.15) is 37.9 Å². The molecule has 1 aliphatic rings. The second-order valence-electron chi connectivity index (χ2n) is 4.19. The maximum atomic E-state index is 9.06. The molecule has 1 fully saturated rings. The molecule has 1 aliphatic carbocycles. The van der Waals surface area contributed by atoms with Crippen molar-refractivity contribution in [1.82, 2.24) is 14.9 Å². The van der Waals surface area contributed by atoms with Crippen LogP contribution < -0.4 is 5.32 Å². The first-order chi connectivity index (χ1) is 7.35. The maximum Gasteiger partial charge on any atom is 0.0951 e. The van der Waals surface area contributed by atoms with Crippen molar-refractivity contribution in [2.75, 3.05) is 6.61 Å². The van der Waals surface area contributed by atoms with E-state index in [1.807, 2.05) is 12.5 Å². The Balaban J connectivity index is 1.89. The number of aliphatic hydroxyl groups is 1. The molecule has 4 nitrogen and oxygen atoms in total. The van der Waals surface area contributed by atoms with Crippen molar-refractivity contribution in [2.45, 2.75) is 44.8 Å². The summed E-state index contributed by atoms with van der Waals surface area (Å²) < 4.78 is 2.25. The molecule has 4 heteroatoms. The number of hydrogen-bond donors (Lipinski definition) is 2. The van der Waals surface area contributed by atoms with E-state index in [4.69, 9.17) is 5.11 Å². The Morgan fingerprint density at radius 1 is 1.67 bits per heavy atom. The van der Waals surface area contributed by atoms with Crippen LogP contribution in [0.25, 0.3) is 0 Å². The number of imidazole rings is 1. The summed E-state index contributed by atoms with van der Waals surface area (Å²) in [6, 6.07) is 0.881. The summed E-state index contributed by atoms with van der Waals surface area (Å²) in [6.07, 6.45) is 7.33. The van der Waals surface area contributed by atoms with Crippen molar-refractivity contribution >= 4 is 0 Å². The Bertz CT molecular complexity index is 303. The molecule has 0 aliphatic heterocycles. The van der Waals surface area contributed by atoms with E-state index in [-0.39, 0.29) is 12.6 Å². The third kappa shape index (κ3) is 2.58. The highest BCUT2D eigenvalue weighted by Gasteiger charge is 2.25. The first-order valence-electron chi connectivity index (χ1n) is 5.70. The van der Waals surface area contributed by atoms with Crippen LogP contribution >= 0.6 is 0 Å². The van der Waals surface area contributed by atoms with Crippen molar-refractivity contribution in [1.29, 1.82) is 0 Å². The van der Waals surface area contributed by atoms with Crippen LogP contribution in [0.15, 0.2) is 12.5 Å². The molecule has 15 heavy (non-hydrogen) atoms. The minimum absolute atomic E-state index is 0.201. The fourth-order valence-electron chi connectivity index (χ4n) is 1.74. The highest BCUT2D eigenvalue weighted by atomic mass is 16.3. The van der Waals surface area contributed by atoms with Crippen molar-refractivity contribution < 1.29 is 5.11 Å². The average Bonchev–Trinajstić information content (AvgIpc) is 3.00. The molecular weight excluding hydrogens is 190 g/mol. The van der Waals surface area contributed by atoms with E-state index < -0.39 is 0 Å². The predicted octanol–water partition coefficient (Wildman–Crippen LogP) is 1.08. The van der Waals surface area contributed by atoms with Crippen LogP contribution in [0.5, 0.6) is 0 Å². The Morgan fingerprint density at radius 2 is 2.47 bits per heavy atom. The van der Waals surface area contributed by atoms with Crippen molar-refractivity contribution in [2.24, 2.45) is 0 Å². The van der Waals surface area contributed by atoms with Gasteiger partial charge in [0.2, 0.25) is 0 Å². The summed E-state index contributed by atoms with van der Waals surface area (Å²) >= 11 is 0. The van der Waals surface area contributed by atoms with Crippen molar-refractivity contribution in [3.8, 4) is 0 Å². The van der Waals surface area contributed by atoms with E-state index in [1.54, 1.807) is 0 Å². The summed E-state index contributed by atoms with van der Waals surface area (Å²) in [6.45, 7) is 3.08.